The Hall–Kier alpha value is -2.82. The Balaban J connectivity index is 2.32. The van der Waals surface area contributed by atoms with E-state index in [0.29, 0.717) is 16.8 Å². The van der Waals surface area contributed by atoms with Crippen LogP contribution in [0.2, 0.25) is 0 Å². The molecule has 3 rings (SSSR count). The van der Waals surface area contributed by atoms with E-state index in [1.54, 1.807) is 12.1 Å². The van der Waals surface area contributed by atoms with Crippen molar-refractivity contribution in [2.75, 3.05) is 5.73 Å². The molecule has 0 spiro atoms. The molecule has 0 aliphatic carbocycles. The lowest BCUT2D eigenvalue weighted by Gasteiger charge is -2.06. The fourth-order valence-corrected chi connectivity index (χ4v) is 2.00. The minimum atomic E-state index is -0.571. The van der Waals surface area contributed by atoms with Crippen LogP contribution in [-0.2, 0) is 0 Å². The number of benzene rings is 2. The van der Waals surface area contributed by atoms with Gasteiger partial charge >= 0.3 is 0 Å². The van der Waals surface area contributed by atoms with Crippen LogP contribution in [0.5, 0.6) is 5.75 Å². The maximum atomic E-state index is 12.9. The molecule has 0 aliphatic rings. The largest absolute Gasteiger partial charge is 0.502 e. The lowest BCUT2D eigenvalue weighted by Crippen LogP contribution is -2.03. The first-order valence-corrected chi connectivity index (χ1v) is 5.87. The highest BCUT2D eigenvalue weighted by molar-refractivity contribution is 5.84. The number of fused-ring (bicyclic) bond motifs is 1. The molecule has 0 fully saturated rings. The van der Waals surface area contributed by atoms with Crippen LogP contribution in [-0.4, -0.2) is 5.11 Å². The van der Waals surface area contributed by atoms with Crippen LogP contribution < -0.4 is 11.2 Å². The van der Waals surface area contributed by atoms with Gasteiger partial charge in [-0.25, -0.2) is 4.39 Å². The maximum absolute atomic E-state index is 12.9. The van der Waals surface area contributed by atoms with Crippen LogP contribution in [0.15, 0.2) is 51.7 Å². The van der Waals surface area contributed by atoms with Gasteiger partial charge in [0.1, 0.15) is 11.4 Å². The molecule has 1 aromatic heterocycles. The Morgan fingerprint density at radius 3 is 2.50 bits per heavy atom. The van der Waals surface area contributed by atoms with E-state index in [1.165, 1.54) is 30.3 Å². The molecule has 4 nitrogen and oxygen atoms in total. The monoisotopic (exact) mass is 271 g/mol. The summed E-state index contributed by atoms with van der Waals surface area (Å²) in [4.78, 5) is 12.1. The fraction of sp³-hybridized carbons (Fsp3) is 0. The lowest BCUT2D eigenvalue weighted by molar-refractivity contribution is 0.449. The molecular weight excluding hydrogens is 261 g/mol. The van der Waals surface area contributed by atoms with Crippen molar-refractivity contribution in [3.8, 4) is 17.1 Å². The SMILES string of the molecule is Nc1ccc2oc(-c3ccc(F)cc3)c(O)c(=O)c2c1. The number of aromatic hydroxyl groups is 1. The molecule has 5 heteroatoms. The number of hydrogen-bond donors (Lipinski definition) is 2. The molecule has 0 saturated heterocycles. The van der Waals surface area contributed by atoms with Crippen molar-refractivity contribution in [3.05, 3.63) is 58.5 Å². The van der Waals surface area contributed by atoms with E-state index < -0.39 is 17.0 Å². The Labute approximate surface area is 112 Å². The standard InChI is InChI=1S/C15H10FNO3/c16-9-3-1-8(2-4-9)15-14(19)13(18)11-7-10(17)5-6-12(11)20-15/h1-7,19H,17H2. The molecule has 3 aromatic rings. The minimum absolute atomic E-state index is 0.00673. The van der Waals surface area contributed by atoms with Crippen molar-refractivity contribution in [2.45, 2.75) is 0 Å². The molecular formula is C15H10FNO3. The number of nitrogen functional groups attached to an aromatic ring is 1. The van der Waals surface area contributed by atoms with Crippen molar-refractivity contribution < 1.29 is 13.9 Å². The Morgan fingerprint density at radius 1 is 1.10 bits per heavy atom. The first-order valence-electron chi connectivity index (χ1n) is 5.87. The minimum Gasteiger partial charge on any atom is -0.502 e. The predicted octanol–water partition coefficient (Wildman–Crippen LogP) is 2.89. The third kappa shape index (κ3) is 1.89. The van der Waals surface area contributed by atoms with Crippen molar-refractivity contribution in [2.24, 2.45) is 0 Å². The summed E-state index contributed by atoms with van der Waals surface area (Å²) < 4.78 is 18.4. The van der Waals surface area contributed by atoms with Gasteiger partial charge in [-0.3, -0.25) is 4.79 Å². The summed E-state index contributed by atoms with van der Waals surface area (Å²) in [5.74, 6) is -0.925. The molecule has 0 atom stereocenters. The van der Waals surface area contributed by atoms with Crippen molar-refractivity contribution in [3.63, 3.8) is 0 Å². The van der Waals surface area contributed by atoms with Gasteiger partial charge in [-0.15, -0.1) is 0 Å². The maximum Gasteiger partial charge on any atom is 0.235 e. The Kier molecular flexibility index (Phi) is 2.68. The van der Waals surface area contributed by atoms with E-state index in [9.17, 15) is 14.3 Å². The van der Waals surface area contributed by atoms with Gasteiger partial charge < -0.3 is 15.3 Å². The quantitative estimate of drug-likeness (QED) is 0.667. The topological polar surface area (TPSA) is 76.5 Å². The third-order valence-electron chi connectivity index (χ3n) is 3.00. The lowest BCUT2D eigenvalue weighted by atomic mass is 10.1. The molecule has 0 saturated carbocycles. The first-order chi connectivity index (χ1) is 9.56. The first kappa shape index (κ1) is 12.2. The highest BCUT2D eigenvalue weighted by Crippen LogP contribution is 2.30. The molecule has 2 aromatic carbocycles. The summed E-state index contributed by atoms with van der Waals surface area (Å²) in [6, 6.07) is 9.89. The van der Waals surface area contributed by atoms with Crippen LogP contribution in [0.1, 0.15) is 0 Å². The molecule has 0 unspecified atom stereocenters. The van der Waals surface area contributed by atoms with Crippen LogP contribution in [0.3, 0.4) is 0 Å². The summed E-state index contributed by atoms with van der Waals surface area (Å²) in [5, 5.41) is 10.2. The summed E-state index contributed by atoms with van der Waals surface area (Å²) in [6.45, 7) is 0. The highest BCUT2D eigenvalue weighted by atomic mass is 19.1. The van der Waals surface area contributed by atoms with Crippen LogP contribution in [0.4, 0.5) is 10.1 Å². The predicted molar refractivity (Wildman–Crippen MR) is 74.0 cm³/mol. The number of nitrogens with two attached hydrogens (primary N) is 1. The van der Waals surface area contributed by atoms with Crippen molar-refractivity contribution in [1.82, 2.24) is 0 Å². The second kappa shape index (κ2) is 4.38. The van der Waals surface area contributed by atoms with Crippen LogP contribution >= 0.6 is 0 Å². The van der Waals surface area contributed by atoms with Gasteiger partial charge in [0.2, 0.25) is 11.2 Å². The molecule has 3 N–H and O–H groups in total. The van der Waals surface area contributed by atoms with Crippen LogP contribution in [0.25, 0.3) is 22.3 Å². The van der Waals surface area contributed by atoms with E-state index in [4.69, 9.17) is 10.2 Å². The van der Waals surface area contributed by atoms with Gasteiger partial charge in [0.15, 0.2) is 5.76 Å². The van der Waals surface area contributed by atoms with E-state index in [0.717, 1.165) is 0 Å². The molecule has 0 amide bonds. The summed E-state index contributed by atoms with van der Waals surface area (Å²) in [6.07, 6.45) is 0. The smallest absolute Gasteiger partial charge is 0.235 e. The number of hydrogen-bond acceptors (Lipinski definition) is 4. The van der Waals surface area contributed by atoms with Gasteiger partial charge in [0, 0.05) is 11.3 Å². The van der Waals surface area contributed by atoms with E-state index >= 15 is 0 Å². The zero-order chi connectivity index (χ0) is 14.3. The Morgan fingerprint density at radius 2 is 1.80 bits per heavy atom. The van der Waals surface area contributed by atoms with Crippen molar-refractivity contribution >= 4 is 16.7 Å². The van der Waals surface area contributed by atoms with Gasteiger partial charge in [-0.2, -0.15) is 0 Å². The fourth-order valence-electron chi connectivity index (χ4n) is 2.00. The number of halogens is 1. The number of rotatable bonds is 1. The molecule has 1 heterocycles. The van der Waals surface area contributed by atoms with Gasteiger partial charge in [-0.1, -0.05) is 0 Å². The summed E-state index contributed by atoms with van der Waals surface area (Å²) in [5.41, 5.74) is 6.16. The normalized spacial score (nSPS) is 10.8. The van der Waals surface area contributed by atoms with Gasteiger partial charge in [-0.05, 0) is 42.5 Å². The average Bonchev–Trinajstić information content (AvgIpc) is 2.44. The third-order valence-corrected chi connectivity index (χ3v) is 3.00. The second-order valence-corrected chi connectivity index (χ2v) is 4.37. The average molecular weight is 271 g/mol. The van der Waals surface area contributed by atoms with Gasteiger partial charge in [0.05, 0.1) is 5.39 Å². The van der Waals surface area contributed by atoms with E-state index in [-0.39, 0.29) is 11.1 Å². The second-order valence-electron chi connectivity index (χ2n) is 4.37. The molecule has 0 aliphatic heterocycles. The van der Waals surface area contributed by atoms with E-state index in [2.05, 4.69) is 0 Å². The molecule has 0 bridgehead atoms. The molecule has 0 radical (unpaired) electrons. The van der Waals surface area contributed by atoms with Gasteiger partial charge in [0.25, 0.3) is 0 Å². The summed E-state index contributed by atoms with van der Waals surface area (Å²) >= 11 is 0. The summed E-state index contributed by atoms with van der Waals surface area (Å²) in [7, 11) is 0. The molecule has 20 heavy (non-hydrogen) atoms. The highest BCUT2D eigenvalue weighted by Gasteiger charge is 2.15. The van der Waals surface area contributed by atoms with E-state index in [1.807, 2.05) is 0 Å². The molecule has 100 valence electrons. The van der Waals surface area contributed by atoms with Crippen molar-refractivity contribution in [1.29, 1.82) is 0 Å². The Bertz CT molecular complexity index is 853. The number of anilines is 1. The zero-order valence-corrected chi connectivity index (χ0v) is 10.3. The van der Waals surface area contributed by atoms with Crippen LogP contribution in [0, 0.1) is 5.82 Å². The zero-order valence-electron chi connectivity index (χ0n) is 10.3.